The largest absolute Gasteiger partial charge is 0.480 e. The molecule has 0 aliphatic heterocycles. The summed E-state index contributed by atoms with van der Waals surface area (Å²) in [4.78, 5) is 35.6. The van der Waals surface area contributed by atoms with Crippen molar-refractivity contribution in [2.75, 3.05) is 5.32 Å². The zero-order chi connectivity index (χ0) is 20.9. The molecular formula is C22H26N2O4. The second-order valence-electron chi connectivity index (χ2n) is 7.74. The number of anilines is 1. The number of benzene rings is 2. The van der Waals surface area contributed by atoms with Crippen LogP contribution in [0.15, 0.2) is 48.5 Å². The van der Waals surface area contributed by atoms with Crippen LogP contribution < -0.4 is 10.6 Å². The number of hydrogen-bond acceptors (Lipinski definition) is 3. The fourth-order valence-corrected chi connectivity index (χ4v) is 2.79. The number of carboxylic acids is 1. The van der Waals surface area contributed by atoms with E-state index in [1.165, 1.54) is 13.0 Å². The standard InChI is InChI=1S/C22H26N2O4/c1-14(25)23-18-8-6-5-7-17(18)20(26)24-19(21(27)28)13-15-9-11-16(12-10-15)22(2,3)4/h5-12,19H,13H2,1-4H3,(H,23,25)(H,24,26)(H,27,28)/t19-/m0/s1. The summed E-state index contributed by atoms with van der Waals surface area (Å²) in [6.45, 7) is 7.66. The van der Waals surface area contributed by atoms with Gasteiger partial charge < -0.3 is 15.7 Å². The molecule has 2 aromatic carbocycles. The number of carbonyl (C=O) groups is 3. The van der Waals surface area contributed by atoms with Crippen molar-refractivity contribution in [1.29, 1.82) is 0 Å². The molecule has 28 heavy (non-hydrogen) atoms. The molecule has 0 unspecified atom stereocenters. The van der Waals surface area contributed by atoms with Crippen LogP contribution in [0.5, 0.6) is 0 Å². The molecule has 0 aliphatic carbocycles. The van der Waals surface area contributed by atoms with Crippen LogP contribution >= 0.6 is 0 Å². The second kappa shape index (κ2) is 8.69. The minimum Gasteiger partial charge on any atom is -0.480 e. The highest BCUT2D eigenvalue weighted by Gasteiger charge is 2.23. The lowest BCUT2D eigenvalue weighted by Crippen LogP contribution is -2.42. The molecule has 6 nitrogen and oxygen atoms in total. The molecule has 2 aromatic rings. The lowest BCUT2D eigenvalue weighted by atomic mass is 9.86. The Labute approximate surface area is 165 Å². The number of amides is 2. The maximum atomic E-state index is 12.6. The number of rotatable bonds is 6. The van der Waals surface area contributed by atoms with Crippen LogP contribution in [-0.4, -0.2) is 28.9 Å². The van der Waals surface area contributed by atoms with Crippen LogP contribution in [0, 0.1) is 0 Å². The van der Waals surface area contributed by atoms with Gasteiger partial charge in [0.1, 0.15) is 6.04 Å². The first kappa shape index (κ1) is 21.2. The third kappa shape index (κ3) is 5.67. The lowest BCUT2D eigenvalue weighted by Gasteiger charge is -2.20. The Morgan fingerprint density at radius 2 is 1.61 bits per heavy atom. The number of para-hydroxylation sites is 1. The van der Waals surface area contributed by atoms with Crippen molar-refractivity contribution in [2.24, 2.45) is 0 Å². The Bertz CT molecular complexity index is 867. The van der Waals surface area contributed by atoms with E-state index < -0.39 is 17.9 Å². The predicted molar refractivity (Wildman–Crippen MR) is 108 cm³/mol. The molecule has 2 rings (SSSR count). The molecule has 0 radical (unpaired) electrons. The second-order valence-corrected chi connectivity index (χ2v) is 7.74. The molecule has 6 heteroatoms. The van der Waals surface area contributed by atoms with Crippen LogP contribution in [0.3, 0.4) is 0 Å². The monoisotopic (exact) mass is 382 g/mol. The SMILES string of the molecule is CC(=O)Nc1ccccc1C(=O)N[C@@H](Cc1ccc(C(C)(C)C)cc1)C(=O)O. The van der Waals surface area contributed by atoms with Gasteiger partial charge in [-0.25, -0.2) is 4.79 Å². The average molecular weight is 382 g/mol. The van der Waals surface area contributed by atoms with Gasteiger partial charge in [-0.1, -0.05) is 57.2 Å². The molecule has 1 atom stereocenters. The minimum absolute atomic E-state index is 0.00632. The lowest BCUT2D eigenvalue weighted by molar-refractivity contribution is -0.139. The van der Waals surface area contributed by atoms with Crippen molar-refractivity contribution in [3.8, 4) is 0 Å². The number of carbonyl (C=O) groups excluding carboxylic acids is 2. The van der Waals surface area contributed by atoms with Gasteiger partial charge in [-0.05, 0) is 28.7 Å². The first-order chi connectivity index (χ1) is 13.1. The first-order valence-corrected chi connectivity index (χ1v) is 9.07. The highest BCUT2D eigenvalue weighted by atomic mass is 16.4. The molecule has 0 heterocycles. The van der Waals surface area contributed by atoms with E-state index in [1.54, 1.807) is 18.2 Å². The van der Waals surface area contributed by atoms with E-state index in [9.17, 15) is 19.5 Å². The Kier molecular flexibility index (Phi) is 6.57. The van der Waals surface area contributed by atoms with Crippen molar-refractivity contribution in [2.45, 2.75) is 45.6 Å². The molecular weight excluding hydrogens is 356 g/mol. The molecule has 0 saturated heterocycles. The van der Waals surface area contributed by atoms with Crippen molar-refractivity contribution in [3.05, 3.63) is 65.2 Å². The number of aliphatic carboxylic acids is 1. The maximum Gasteiger partial charge on any atom is 0.326 e. The Hall–Kier alpha value is -3.15. The van der Waals surface area contributed by atoms with E-state index in [1.807, 2.05) is 24.3 Å². The summed E-state index contributed by atoms with van der Waals surface area (Å²) in [7, 11) is 0. The smallest absolute Gasteiger partial charge is 0.326 e. The fraction of sp³-hybridized carbons (Fsp3) is 0.318. The van der Waals surface area contributed by atoms with E-state index in [0.717, 1.165) is 11.1 Å². The van der Waals surface area contributed by atoms with Gasteiger partial charge in [0, 0.05) is 13.3 Å². The summed E-state index contributed by atoms with van der Waals surface area (Å²) in [5.74, 6) is -1.98. The summed E-state index contributed by atoms with van der Waals surface area (Å²) in [6.07, 6.45) is 0.161. The highest BCUT2D eigenvalue weighted by molar-refractivity contribution is 6.04. The Morgan fingerprint density at radius 3 is 2.14 bits per heavy atom. The molecule has 3 N–H and O–H groups in total. The van der Waals surface area contributed by atoms with Gasteiger partial charge in [0.15, 0.2) is 0 Å². The highest BCUT2D eigenvalue weighted by Crippen LogP contribution is 2.22. The quantitative estimate of drug-likeness (QED) is 0.714. The number of nitrogens with one attached hydrogen (secondary N) is 2. The maximum absolute atomic E-state index is 12.6. The molecule has 2 amide bonds. The molecule has 0 aromatic heterocycles. The first-order valence-electron chi connectivity index (χ1n) is 9.07. The third-order valence-electron chi connectivity index (χ3n) is 4.35. The molecule has 0 fully saturated rings. The van der Waals surface area contributed by atoms with Crippen molar-refractivity contribution < 1.29 is 19.5 Å². The normalized spacial score (nSPS) is 12.1. The zero-order valence-electron chi connectivity index (χ0n) is 16.6. The fourth-order valence-electron chi connectivity index (χ4n) is 2.79. The molecule has 0 bridgehead atoms. The van der Waals surface area contributed by atoms with Crippen LogP contribution in [0.2, 0.25) is 0 Å². The van der Waals surface area contributed by atoms with Crippen molar-refractivity contribution in [3.63, 3.8) is 0 Å². The van der Waals surface area contributed by atoms with Gasteiger partial charge in [-0.3, -0.25) is 9.59 Å². The molecule has 0 saturated carbocycles. The van der Waals surface area contributed by atoms with Crippen LogP contribution in [-0.2, 0) is 21.4 Å². The third-order valence-corrected chi connectivity index (χ3v) is 4.35. The zero-order valence-corrected chi connectivity index (χ0v) is 16.6. The Morgan fingerprint density at radius 1 is 1.00 bits per heavy atom. The van der Waals surface area contributed by atoms with Crippen molar-refractivity contribution in [1.82, 2.24) is 5.32 Å². The molecule has 0 aliphatic rings. The molecule has 0 spiro atoms. The summed E-state index contributed by atoms with van der Waals surface area (Å²) >= 11 is 0. The summed E-state index contributed by atoms with van der Waals surface area (Å²) in [5.41, 5.74) is 2.53. The van der Waals surface area contributed by atoms with Crippen LogP contribution in [0.25, 0.3) is 0 Å². The summed E-state index contributed by atoms with van der Waals surface area (Å²) in [6, 6.07) is 13.1. The van der Waals surface area contributed by atoms with Gasteiger partial charge in [-0.2, -0.15) is 0 Å². The van der Waals surface area contributed by atoms with E-state index in [-0.39, 0.29) is 23.3 Å². The van der Waals surface area contributed by atoms with E-state index in [2.05, 4.69) is 31.4 Å². The summed E-state index contributed by atoms with van der Waals surface area (Å²) in [5, 5.41) is 14.7. The van der Waals surface area contributed by atoms with E-state index >= 15 is 0 Å². The van der Waals surface area contributed by atoms with Gasteiger partial charge >= 0.3 is 5.97 Å². The van der Waals surface area contributed by atoms with Gasteiger partial charge in [0.25, 0.3) is 5.91 Å². The number of hydrogen-bond donors (Lipinski definition) is 3. The van der Waals surface area contributed by atoms with Crippen molar-refractivity contribution >= 4 is 23.5 Å². The summed E-state index contributed by atoms with van der Waals surface area (Å²) < 4.78 is 0. The molecule has 148 valence electrons. The van der Waals surface area contributed by atoms with E-state index in [4.69, 9.17) is 0 Å². The van der Waals surface area contributed by atoms with Crippen LogP contribution in [0.4, 0.5) is 5.69 Å². The average Bonchev–Trinajstić information content (AvgIpc) is 2.60. The van der Waals surface area contributed by atoms with E-state index in [0.29, 0.717) is 5.69 Å². The minimum atomic E-state index is -1.12. The predicted octanol–water partition coefficient (Wildman–Crippen LogP) is 3.37. The Balaban J connectivity index is 2.16. The van der Waals surface area contributed by atoms with Gasteiger partial charge in [-0.15, -0.1) is 0 Å². The van der Waals surface area contributed by atoms with Gasteiger partial charge in [0.05, 0.1) is 11.3 Å². The van der Waals surface area contributed by atoms with Crippen LogP contribution in [0.1, 0.15) is 49.2 Å². The topological polar surface area (TPSA) is 95.5 Å². The number of carboxylic acid groups (broad SMARTS) is 1. The van der Waals surface area contributed by atoms with Gasteiger partial charge in [0.2, 0.25) is 5.91 Å².